The highest BCUT2D eigenvalue weighted by Crippen LogP contribution is 2.07. The Morgan fingerprint density at radius 1 is 1.17 bits per heavy atom. The molecule has 0 radical (unpaired) electrons. The molecule has 2 aromatic rings. The van der Waals surface area contributed by atoms with Crippen LogP contribution in [0.3, 0.4) is 0 Å². The van der Waals surface area contributed by atoms with Crippen LogP contribution in [0.15, 0.2) is 58.8 Å². The molecule has 0 unspecified atom stereocenters. The maximum Gasteiger partial charge on any atom is 0.268 e. The number of benzene rings is 1. The average Bonchev–Trinajstić information content (AvgIpc) is 3.08. The van der Waals surface area contributed by atoms with Crippen molar-refractivity contribution in [2.24, 2.45) is 0 Å². The molecule has 1 aromatic heterocycles. The minimum Gasteiger partial charge on any atom is -0.465 e. The van der Waals surface area contributed by atoms with E-state index in [1.165, 1.54) is 12.3 Å². The van der Waals surface area contributed by atoms with Gasteiger partial charge in [-0.05, 0) is 24.3 Å². The zero-order chi connectivity index (χ0) is 16.5. The van der Waals surface area contributed by atoms with Gasteiger partial charge in [0.25, 0.3) is 11.8 Å². The SMILES string of the molecule is COCCNC(=O)/C(=C/c1ccco1)NC(=O)c1ccccc1. The fraction of sp³-hybridized carbons (Fsp3) is 0.176. The van der Waals surface area contributed by atoms with E-state index in [0.29, 0.717) is 24.5 Å². The molecule has 0 fully saturated rings. The second-order valence-corrected chi connectivity index (χ2v) is 4.64. The molecule has 0 atom stereocenters. The predicted molar refractivity (Wildman–Crippen MR) is 85.5 cm³/mol. The summed E-state index contributed by atoms with van der Waals surface area (Å²) < 4.78 is 10.1. The van der Waals surface area contributed by atoms with E-state index in [4.69, 9.17) is 9.15 Å². The zero-order valence-electron chi connectivity index (χ0n) is 12.7. The van der Waals surface area contributed by atoms with E-state index in [2.05, 4.69) is 10.6 Å². The van der Waals surface area contributed by atoms with Crippen molar-refractivity contribution in [3.05, 3.63) is 65.7 Å². The lowest BCUT2D eigenvalue weighted by molar-refractivity contribution is -0.117. The van der Waals surface area contributed by atoms with Crippen molar-refractivity contribution in [1.82, 2.24) is 10.6 Å². The molecule has 0 aliphatic rings. The number of carbonyl (C=O) groups excluding carboxylic acids is 2. The third-order valence-electron chi connectivity index (χ3n) is 2.95. The number of carbonyl (C=O) groups is 2. The van der Waals surface area contributed by atoms with Crippen molar-refractivity contribution in [2.75, 3.05) is 20.3 Å². The lowest BCUT2D eigenvalue weighted by Gasteiger charge is -2.10. The number of methoxy groups -OCH3 is 1. The van der Waals surface area contributed by atoms with E-state index in [1.54, 1.807) is 43.5 Å². The molecule has 1 heterocycles. The number of nitrogens with one attached hydrogen (secondary N) is 2. The molecule has 2 rings (SSSR count). The monoisotopic (exact) mass is 314 g/mol. The summed E-state index contributed by atoms with van der Waals surface area (Å²) in [6.07, 6.45) is 2.97. The molecule has 0 saturated heterocycles. The molecule has 1 aromatic carbocycles. The van der Waals surface area contributed by atoms with Crippen LogP contribution < -0.4 is 10.6 Å². The largest absolute Gasteiger partial charge is 0.465 e. The molecule has 0 bridgehead atoms. The van der Waals surface area contributed by atoms with E-state index >= 15 is 0 Å². The zero-order valence-corrected chi connectivity index (χ0v) is 12.7. The van der Waals surface area contributed by atoms with Crippen molar-refractivity contribution >= 4 is 17.9 Å². The maximum atomic E-state index is 12.2. The van der Waals surface area contributed by atoms with Gasteiger partial charge in [-0.3, -0.25) is 9.59 Å². The summed E-state index contributed by atoms with van der Waals surface area (Å²) in [5.74, 6) is -0.316. The van der Waals surface area contributed by atoms with Crippen LogP contribution in [0.2, 0.25) is 0 Å². The predicted octanol–water partition coefficient (Wildman–Crippen LogP) is 1.81. The first-order valence-corrected chi connectivity index (χ1v) is 7.09. The van der Waals surface area contributed by atoms with Gasteiger partial charge >= 0.3 is 0 Å². The van der Waals surface area contributed by atoms with Gasteiger partial charge in [-0.15, -0.1) is 0 Å². The molecule has 0 aliphatic carbocycles. The van der Waals surface area contributed by atoms with Gasteiger partial charge in [-0.25, -0.2) is 0 Å². The molecular formula is C17H18N2O4. The third-order valence-corrected chi connectivity index (χ3v) is 2.95. The molecule has 0 spiro atoms. The van der Waals surface area contributed by atoms with E-state index in [1.807, 2.05) is 6.07 Å². The van der Waals surface area contributed by atoms with Gasteiger partial charge < -0.3 is 19.8 Å². The first kappa shape index (κ1) is 16.5. The van der Waals surface area contributed by atoms with E-state index in [-0.39, 0.29) is 11.6 Å². The van der Waals surface area contributed by atoms with Crippen LogP contribution >= 0.6 is 0 Å². The van der Waals surface area contributed by atoms with Crippen molar-refractivity contribution in [3.63, 3.8) is 0 Å². The Balaban J connectivity index is 2.13. The standard InChI is InChI=1S/C17H18N2O4/c1-22-11-9-18-17(21)15(12-14-8-5-10-23-14)19-16(20)13-6-3-2-4-7-13/h2-8,10,12H,9,11H2,1H3,(H,18,21)(H,19,20)/b15-12-. The number of amides is 2. The normalized spacial score (nSPS) is 11.1. The van der Waals surface area contributed by atoms with Crippen LogP contribution in [0.4, 0.5) is 0 Å². The number of furan rings is 1. The first-order chi connectivity index (χ1) is 11.2. The summed E-state index contributed by atoms with van der Waals surface area (Å²) >= 11 is 0. The van der Waals surface area contributed by atoms with Crippen molar-refractivity contribution in [3.8, 4) is 0 Å². The molecule has 2 amide bonds. The van der Waals surface area contributed by atoms with Gasteiger partial charge in [0.15, 0.2) is 0 Å². The van der Waals surface area contributed by atoms with Gasteiger partial charge in [0.1, 0.15) is 11.5 Å². The second kappa shape index (κ2) is 8.55. The van der Waals surface area contributed by atoms with Gasteiger partial charge in [0.2, 0.25) is 0 Å². The average molecular weight is 314 g/mol. The lowest BCUT2D eigenvalue weighted by Crippen LogP contribution is -2.36. The fourth-order valence-electron chi connectivity index (χ4n) is 1.82. The molecule has 120 valence electrons. The van der Waals surface area contributed by atoms with Gasteiger partial charge in [0.05, 0.1) is 12.9 Å². The molecule has 0 aliphatic heterocycles. The molecule has 6 heteroatoms. The highest BCUT2D eigenvalue weighted by molar-refractivity contribution is 6.05. The van der Waals surface area contributed by atoms with Crippen LogP contribution in [0, 0.1) is 0 Å². The molecular weight excluding hydrogens is 296 g/mol. The van der Waals surface area contributed by atoms with Gasteiger partial charge in [-0.1, -0.05) is 18.2 Å². The minimum atomic E-state index is -0.414. The summed E-state index contributed by atoms with van der Waals surface area (Å²) in [7, 11) is 1.54. The topological polar surface area (TPSA) is 80.6 Å². The van der Waals surface area contributed by atoms with Crippen LogP contribution in [0.5, 0.6) is 0 Å². The summed E-state index contributed by atoms with van der Waals surface area (Å²) in [5.41, 5.74) is 0.562. The summed E-state index contributed by atoms with van der Waals surface area (Å²) in [5, 5.41) is 5.27. The number of hydrogen-bond acceptors (Lipinski definition) is 4. The van der Waals surface area contributed by atoms with Crippen LogP contribution in [0.1, 0.15) is 16.1 Å². The number of hydrogen-bond donors (Lipinski definition) is 2. The first-order valence-electron chi connectivity index (χ1n) is 7.09. The molecule has 0 saturated carbocycles. The number of ether oxygens (including phenoxy) is 1. The van der Waals surface area contributed by atoms with Gasteiger partial charge in [-0.2, -0.15) is 0 Å². The summed E-state index contributed by atoms with van der Waals surface area (Å²) in [4.78, 5) is 24.5. The van der Waals surface area contributed by atoms with E-state index < -0.39 is 5.91 Å². The van der Waals surface area contributed by atoms with Crippen molar-refractivity contribution in [2.45, 2.75) is 0 Å². The van der Waals surface area contributed by atoms with Crippen molar-refractivity contribution in [1.29, 1.82) is 0 Å². The smallest absolute Gasteiger partial charge is 0.268 e. The second-order valence-electron chi connectivity index (χ2n) is 4.64. The third kappa shape index (κ3) is 5.12. The summed E-state index contributed by atoms with van der Waals surface area (Å²) in [6, 6.07) is 12.1. The molecule has 23 heavy (non-hydrogen) atoms. The Bertz CT molecular complexity index is 663. The Hall–Kier alpha value is -2.86. The molecule has 6 nitrogen and oxygen atoms in total. The van der Waals surface area contributed by atoms with E-state index in [9.17, 15) is 9.59 Å². The van der Waals surface area contributed by atoms with Gasteiger partial charge in [0, 0.05) is 25.3 Å². The highest BCUT2D eigenvalue weighted by atomic mass is 16.5. The van der Waals surface area contributed by atoms with E-state index in [0.717, 1.165) is 0 Å². The molecule has 2 N–H and O–H groups in total. The fourth-order valence-corrected chi connectivity index (χ4v) is 1.82. The maximum absolute atomic E-state index is 12.2. The minimum absolute atomic E-state index is 0.102. The Kier molecular flexibility index (Phi) is 6.14. The van der Waals surface area contributed by atoms with Crippen LogP contribution in [0.25, 0.3) is 6.08 Å². The van der Waals surface area contributed by atoms with Crippen LogP contribution in [-0.4, -0.2) is 32.1 Å². The highest BCUT2D eigenvalue weighted by Gasteiger charge is 2.14. The quantitative estimate of drug-likeness (QED) is 0.603. The van der Waals surface area contributed by atoms with Crippen molar-refractivity contribution < 1.29 is 18.7 Å². The summed E-state index contributed by atoms with van der Waals surface area (Å²) in [6.45, 7) is 0.721. The van der Waals surface area contributed by atoms with Crippen LogP contribution in [-0.2, 0) is 9.53 Å². The Morgan fingerprint density at radius 2 is 1.96 bits per heavy atom. The number of rotatable bonds is 7. The Morgan fingerprint density at radius 3 is 2.61 bits per heavy atom. The lowest BCUT2D eigenvalue weighted by atomic mass is 10.2. The Labute approximate surface area is 134 Å².